The van der Waals surface area contributed by atoms with Crippen LogP contribution in [-0.4, -0.2) is 13.1 Å². The lowest BCUT2D eigenvalue weighted by Gasteiger charge is -2.45. The second kappa shape index (κ2) is 5.29. The second-order valence-electron chi connectivity index (χ2n) is 6.09. The van der Waals surface area contributed by atoms with E-state index in [0.717, 1.165) is 18.8 Å². The van der Waals surface area contributed by atoms with Gasteiger partial charge in [-0.05, 0) is 55.9 Å². The molecule has 0 N–H and O–H groups in total. The highest BCUT2D eigenvalue weighted by Gasteiger charge is 2.40. The highest BCUT2D eigenvalue weighted by Crippen LogP contribution is 2.52. The Morgan fingerprint density at radius 1 is 1.56 bits per heavy atom. The number of rotatable bonds is 3. The molecule has 0 aromatic rings. The summed E-state index contributed by atoms with van der Waals surface area (Å²) < 4.78 is 4.89. The van der Waals surface area contributed by atoms with Crippen molar-refractivity contribution in [1.82, 2.24) is 0 Å². The van der Waals surface area contributed by atoms with Gasteiger partial charge in [0.2, 0.25) is 0 Å². The van der Waals surface area contributed by atoms with Crippen LogP contribution in [0.15, 0.2) is 22.8 Å². The molecule has 0 saturated heterocycles. The highest BCUT2D eigenvalue weighted by molar-refractivity contribution is 5.38. The first-order valence-corrected chi connectivity index (χ1v) is 7.00. The van der Waals surface area contributed by atoms with Crippen molar-refractivity contribution in [3.63, 3.8) is 0 Å². The largest absolute Gasteiger partial charge is 0.463 e. The predicted octanol–water partition coefficient (Wildman–Crippen LogP) is 4.02. The molecule has 2 aliphatic rings. The van der Waals surface area contributed by atoms with E-state index in [1.165, 1.54) is 30.4 Å². The van der Waals surface area contributed by atoms with Crippen molar-refractivity contribution in [3.8, 4) is 0 Å². The number of hydrogen-bond donors (Lipinski definition) is 0. The van der Waals surface area contributed by atoms with E-state index in [9.17, 15) is 4.79 Å². The van der Waals surface area contributed by atoms with Gasteiger partial charge in [-0.15, -0.1) is 0 Å². The van der Waals surface area contributed by atoms with Crippen molar-refractivity contribution in [3.05, 3.63) is 22.8 Å². The van der Waals surface area contributed by atoms with Gasteiger partial charge in [-0.3, -0.25) is 4.79 Å². The molecule has 0 aromatic heterocycles. The van der Waals surface area contributed by atoms with Crippen molar-refractivity contribution in [1.29, 1.82) is 0 Å². The van der Waals surface area contributed by atoms with Crippen LogP contribution in [0, 0.1) is 11.3 Å². The Morgan fingerprint density at radius 3 is 3.06 bits per heavy atom. The van der Waals surface area contributed by atoms with Gasteiger partial charge in [0.1, 0.15) is 6.61 Å². The molecule has 100 valence electrons. The van der Waals surface area contributed by atoms with Gasteiger partial charge in [0, 0.05) is 0 Å². The summed E-state index contributed by atoms with van der Waals surface area (Å²) in [5.41, 5.74) is 4.76. The molecular formula is C16H24O2. The molecule has 0 heterocycles. The first-order chi connectivity index (χ1) is 8.58. The molecule has 2 atom stereocenters. The lowest BCUT2D eigenvalue weighted by Crippen LogP contribution is -2.34. The van der Waals surface area contributed by atoms with Crippen LogP contribution in [0.3, 0.4) is 0 Å². The zero-order valence-corrected chi connectivity index (χ0v) is 11.8. The Kier molecular flexibility index (Phi) is 3.94. The molecule has 0 radical (unpaired) electrons. The van der Waals surface area contributed by atoms with Gasteiger partial charge in [0.25, 0.3) is 6.47 Å². The maximum atomic E-state index is 10.3. The van der Waals surface area contributed by atoms with Crippen LogP contribution in [0.2, 0.25) is 0 Å². The Bertz CT molecular complexity index is 392. The highest BCUT2D eigenvalue weighted by atomic mass is 16.5. The molecule has 2 rings (SSSR count). The Labute approximate surface area is 110 Å². The minimum Gasteiger partial charge on any atom is -0.463 e. The predicted molar refractivity (Wildman–Crippen MR) is 73.2 cm³/mol. The van der Waals surface area contributed by atoms with Gasteiger partial charge in [0.05, 0.1) is 0 Å². The van der Waals surface area contributed by atoms with Crippen LogP contribution in [0.1, 0.15) is 52.9 Å². The molecular weight excluding hydrogens is 224 g/mol. The topological polar surface area (TPSA) is 26.3 Å². The van der Waals surface area contributed by atoms with Crippen molar-refractivity contribution >= 4 is 6.47 Å². The van der Waals surface area contributed by atoms with Gasteiger partial charge in [-0.1, -0.05) is 31.1 Å². The SMILES string of the molecule is C/C(COC=O)=C1/CCC2=CCCC(C)C2(C)C1. The minimum atomic E-state index is 0.342. The third kappa shape index (κ3) is 2.38. The Hall–Kier alpha value is -1.05. The van der Waals surface area contributed by atoms with Gasteiger partial charge in [-0.2, -0.15) is 0 Å². The van der Waals surface area contributed by atoms with E-state index in [1.807, 2.05) is 0 Å². The lowest BCUT2D eigenvalue weighted by atomic mass is 9.59. The third-order valence-electron chi connectivity index (χ3n) is 5.06. The number of ether oxygens (including phenoxy) is 1. The summed E-state index contributed by atoms with van der Waals surface area (Å²) in [6, 6.07) is 0. The van der Waals surface area contributed by atoms with Crippen LogP contribution < -0.4 is 0 Å². The number of carbonyl (C=O) groups is 1. The van der Waals surface area contributed by atoms with Gasteiger partial charge in [0.15, 0.2) is 0 Å². The fraction of sp³-hybridized carbons (Fsp3) is 0.688. The summed E-state index contributed by atoms with van der Waals surface area (Å²) in [6.45, 7) is 7.90. The average molecular weight is 248 g/mol. The zero-order valence-electron chi connectivity index (χ0n) is 11.8. The number of allylic oxidation sites excluding steroid dienone is 3. The van der Waals surface area contributed by atoms with Crippen molar-refractivity contribution in [2.75, 3.05) is 6.61 Å². The minimum absolute atomic E-state index is 0.342. The fourth-order valence-electron chi connectivity index (χ4n) is 3.49. The molecule has 2 unspecified atom stereocenters. The van der Waals surface area contributed by atoms with Crippen LogP contribution in [0.25, 0.3) is 0 Å². The van der Waals surface area contributed by atoms with Crippen molar-refractivity contribution in [2.24, 2.45) is 11.3 Å². The third-order valence-corrected chi connectivity index (χ3v) is 5.06. The molecule has 0 aromatic carbocycles. The van der Waals surface area contributed by atoms with Gasteiger partial charge < -0.3 is 4.74 Å². The molecule has 0 aliphatic heterocycles. The molecule has 1 saturated carbocycles. The summed E-state index contributed by atoms with van der Waals surface area (Å²) in [4.78, 5) is 10.3. The molecule has 0 spiro atoms. The van der Waals surface area contributed by atoms with Crippen LogP contribution in [0.5, 0.6) is 0 Å². The second-order valence-corrected chi connectivity index (χ2v) is 6.09. The van der Waals surface area contributed by atoms with E-state index in [2.05, 4.69) is 26.8 Å². The molecule has 2 aliphatic carbocycles. The van der Waals surface area contributed by atoms with E-state index in [4.69, 9.17) is 4.74 Å². The van der Waals surface area contributed by atoms with Crippen LogP contribution >= 0.6 is 0 Å². The van der Waals surface area contributed by atoms with Crippen molar-refractivity contribution in [2.45, 2.75) is 52.9 Å². The maximum Gasteiger partial charge on any atom is 0.293 e. The molecule has 0 bridgehead atoms. The normalized spacial score (nSPS) is 34.4. The van der Waals surface area contributed by atoms with E-state index >= 15 is 0 Å². The molecule has 0 amide bonds. The Morgan fingerprint density at radius 2 is 2.33 bits per heavy atom. The monoisotopic (exact) mass is 248 g/mol. The standard InChI is InChI=1S/C16H24O2/c1-12(10-18-11-17)14-7-8-15-6-4-5-13(2)16(15,3)9-14/h6,11,13H,4-5,7-10H2,1-3H3/b14-12+. The summed E-state index contributed by atoms with van der Waals surface area (Å²) in [5.74, 6) is 0.757. The smallest absolute Gasteiger partial charge is 0.293 e. The summed E-state index contributed by atoms with van der Waals surface area (Å²) in [5, 5.41) is 0. The van der Waals surface area contributed by atoms with E-state index in [1.54, 1.807) is 5.57 Å². The van der Waals surface area contributed by atoms with E-state index in [0.29, 0.717) is 18.5 Å². The van der Waals surface area contributed by atoms with Crippen LogP contribution in [0.4, 0.5) is 0 Å². The summed E-state index contributed by atoms with van der Waals surface area (Å²) in [7, 11) is 0. The maximum absolute atomic E-state index is 10.3. The van der Waals surface area contributed by atoms with E-state index < -0.39 is 0 Å². The summed E-state index contributed by atoms with van der Waals surface area (Å²) >= 11 is 0. The van der Waals surface area contributed by atoms with E-state index in [-0.39, 0.29) is 0 Å². The van der Waals surface area contributed by atoms with Gasteiger partial charge in [-0.25, -0.2) is 0 Å². The van der Waals surface area contributed by atoms with Gasteiger partial charge >= 0.3 is 0 Å². The number of carbonyl (C=O) groups excluding carboxylic acids is 1. The first-order valence-electron chi connectivity index (χ1n) is 7.00. The zero-order chi connectivity index (χ0) is 13.2. The number of fused-ring (bicyclic) bond motifs is 1. The molecule has 1 fully saturated rings. The quantitative estimate of drug-likeness (QED) is 0.557. The fourth-order valence-corrected chi connectivity index (χ4v) is 3.49. The van der Waals surface area contributed by atoms with Crippen molar-refractivity contribution < 1.29 is 9.53 Å². The Balaban J connectivity index is 2.19. The lowest BCUT2D eigenvalue weighted by molar-refractivity contribution is -0.127. The molecule has 18 heavy (non-hydrogen) atoms. The number of hydrogen-bond acceptors (Lipinski definition) is 2. The summed E-state index contributed by atoms with van der Waals surface area (Å²) in [6.07, 6.45) is 8.49. The van der Waals surface area contributed by atoms with Crippen LogP contribution in [-0.2, 0) is 9.53 Å². The molecule has 2 nitrogen and oxygen atoms in total. The average Bonchev–Trinajstić information content (AvgIpc) is 2.37. The first kappa shape index (κ1) is 13.4. The molecule has 2 heteroatoms.